The Hall–Kier alpha value is -2.10. The number of esters is 1. The van der Waals surface area contributed by atoms with Crippen LogP contribution >= 0.6 is 0 Å². The molecular formula is C26H33NO3. The Morgan fingerprint density at radius 3 is 2.57 bits per heavy atom. The van der Waals surface area contributed by atoms with E-state index < -0.39 is 0 Å². The van der Waals surface area contributed by atoms with E-state index in [4.69, 9.17) is 4.74 Å². The van der Waals surface area contributed by atoms with Crippen molar-refractivity contribution in [1.29, 1.82) is 0 Å². The molecule has 3 fully saturated rings. The van der Waals surface area contributed by atoms with Gasteiger partial charge in [0.25, 0.3) is 0 Å². The van der Waals surface area contributed by atoms with Crippen LogP contribution in [0.1, 0.15) is 75.6 Å². The molecule has 4 aliphatic rings. The smallest absolute Gasteiger partial charge is 0.338 e. The Morgan fingerprint density at radius 1 is 1.07 bits per heavy atom. The molecule has 4 nitrogen and oxygen atoms in total. The number of ether oxygens (including phenoxy) is 1. The standard InChI is InChI=1S/C26H33NO3/c1-25-14-12-19(30-24(28)17-6-4-3-5-7-17)16-18(25)8-9-20-21-10-11-23(27-29)26(21,2)15-13-22(20)25/h3-8,19-22,29H,9-16H2,1-2H3/b27-23+/t19-,20-,21-,22-,25-,26-/m0/s1. The normalized spacial score (nSPS) is 41.4. The van der Waals surface area contributed by atoms with Crippen LogP contribution in [0.2, 0.25) is 0 Å². The summed E-state index contributed by atoms with van der Waals surface area (Å²) in [5, 5.41) is 13.2. The number of carbonyl (C=O) groups is 1. The molecule has 4 aliphatic carbocycles. The molecule has 0 spiro atoms. The van der Waals surface area contributed by atoms with Crippen LogP contribution in [0.4, 0.5) is 0 Å². The summed E-state index contributed by atoms with van der Waals surface area (Å²) < 4.78 is 5.90. The first-order valence-corrected chi connectivity index (χ1v) is 11.6. The molecule has 0 aliphatic heterocycles. The lowest BCUT2D eigenvalue weighted by molar-refractivity contribution is -0.0287. The molecule has 0 aromatic heterocycles. The zero-order valence-electron chi connectivity index (χ0n) is 18.1. The van der Waals surface area contributed by atoms with Gasteiger partial charge in [-0.25, -0.2) is 4.79 Å². The number of hydrogen-bond acceptors (Lipinski definition) is 4. The Kier molecular flexibility index (Phi) is 4.79. The molecule has 0 unspecified atom stereocenters. The van der Waals surface area contributed by atoms with Gasteiger partial charge < -0.3 is 9.94 Å². The van der Waals surface area contributed by atoms with Gasteiger partial charge in [0.05, 0.1) is 11.3 Å². The first-order chi connectivity index (χ1) is 14.5. The van der Waals surface area contributed by atoms with Crippen molar-refractivity contribution < 1.29 is 14.7 Å². The maximum Gasteiger partial charge on any atom is 0.338 e. The van der Waals surface area contributed by atoms with Crippen molar-refractivity contribution in [2.75, 3.05) is 0 Å². The molecule has 0 radical (unpaired) electrons. The quantitative estimate of drug-likeness (QED) is 0.283. The van der Waals surface area contributed by atoms with Crippen LogP contribution in [0.15, 0.2) is 47.1 Å². The number of hydrogen-bond donors (Lipinski definition) is 1. The van der Waals surface area contributed by atoms with Crippen LogP contribution in [0.25, 0.3) is 0 Å². The van der Waals surface area contributed by atoms with Crippen molar-refractivity contribution in [3.8, 4) is 0 Å². The summed E-state index contributed by atoms with van der Waals surface area (Å²) in [6, 6.07) is 9.33. The molecule has 0 heterocycles. The zero-order valence-corrected chi connectivity index (χ0v) is 18.1. The Labute approximate surface area is 179 Å². The van der Waals surface area contributed by atoms with E-state index in [1.165, 1.54) is 12.0 Å². The summed E-state index contributed by atoms with van der Waals surface area (Å²) in [5.74, 6) is 1.80. The molecule has 4 heteroatoms. The molecule has 0 saturated heterocycles. The van der Waals surface area contributed by atoms with E-state index in [2.05, 4.69) is 25.1 Å². The lowest BCUT2D eigenvalue weighted by Crippen LogP contribution is -2.50. The van der Waals surface area contributed by atoms with E-state index in [9.17, 15) is 10.0 Å². The number of nitrogens with zero attached hydrogens (tertiary/aromatic N) is 1. The van der Waals surface area contributed by atoms with Gasteiger partial charge in [-0.1, -0.05) is 48.9 Å². The fourth-order valence-corrected chi connectivity index (χ4v) is 7.47. The predicted molar refractivity (Wildman–Crippen MR) is 117 cm³/mol. The monoisotopic (exact) mass is 407 g/mol. The molecule has 0 bridgehead atoms. The van der Waals surface area contributed by atoms with E-state index in [1.54, 1.807) is 0 Å². The summed E-state index contributed by atoms with van der Waals surface area (Å²) >= 11 is 0. The molecule has 160 valence electrons. The van der Waals surface area contributed by atoms with E-state index in [0.29, 0.717) is 23.3 Å². The van der Waals surface area contributed by atoms with Crippen LogP contribution in [0, 0.1) is 28.6 Å². The van der Waals surface area contributed by atoms with E-state index >= 15 is 0 Å². The number of benzene rings is 1. The fraction of sp³-hybridized carbons (Fsp3) is 0.615. The van der Waals surface area contributed by atoms with Gasteiger partial charge in [-0.15, -0.1) is 0 Å². The highest BCUT2D eigenvalue weighted by Crippen LogP contribution is 2.64. The summed E-state index contributed by atoms with van der Waals surface area (Å²) in [4.78, 5) is 12.5. The molecule has 1 aromatic rings. The average Bonchev–Trinajstić information content (AvgIpc) is 3.11. The highest BCUT2D eigenvalue weighted by Gasteiger charge is 2.58. The van der Waals surface area contributed by atoms with Gasteiger partial charge in [0.2, 0.25) is 0 Å². The molecular weight excluding hydrogens is 374 g/mol. The topological polar surface area (TPSA) is 58.9 Å². The minimum Gasteiger partial charge on any atom is -0.458 e. The van der Waals surface area contributed by atoms with Crippen molar-refractivity contribution in [3.63, 3.8) is 0 Å². The van der Waals surface area contributed by atoms with Gasteiger partial charge in [0.15, 0.2) is 0 Å². The van der Waals surface area contributed by atoms with Crippen LogP contribution in [0.3, 0.4) is 0 Å². The van der Waals surface area contributed by atoms with Crippen molar-refractivity contribution in [2.24, 2.45) is 33.7 Å². The zero-order chi connectivity index (χ0) is 20.9. The fourth-order valence-electron chi connectivity index (χ4n) is 7.47. The third-order valence-corrected chi connectivity index (χ3v) is 9.20. The van der Waals surface area contributed by atoms with Crippen molar-refractivity contribution >= 4 is 11.7 Å². The second kappa shape index (κ2) is 7.25. The van der Waals surface area contributed by atoms with Crippen LogP contribution in [0.5, 0.6) is 0 Å². The number of fused-ring (bicyclic) bond motifs is 5. The summed E-state index contributed by atoms with van der Waals surface area (Å²) in [7, 11) is 0. The summed E-state index contributed by atoms with van der Waals surface area (Å²) in [6.07, 6.45) is 11.0. The van der Waals surface area contributed by atoms with Gasteiger partial charge in [-0.3, -0.25) is 0 Å². The minimum atomic E-state index is -0.200. The first-order valence-electron chi connectivity index (χ1n) is 11.6. The maximum absolute atomic E-state index is 12.5. The van der Waals surface area contributed by atoms with Gasteiger partial charge in [0.1, 0.15) is 6.10 Å². The molecule has 3 saturated carbocycles. The van der Waals surface area contributed by atoms with Crippen molar-refractivity contribution in [2.45, 2.75) is 71.3 Å². The number of allylic oxidation sites excluding steroid dienone is 1. The van der Waals surface area contributed by atoms with Crippen LogP contribution in [-0.4, -0.2) is 23.0 Å². The summed E-state index contributed by atoms with van der Waals surface area (Å²) in [5.41, 5.74) is 3.48. The van der Waals surface area contributed by atoms with Crippen molar-refractivity contribution in [1.82, 2.24) is 0 Å². The third kappa shape index (κ3) is 2.94. The molecule has 5 rings (SSSR count). The van der Waals surface area contributed by atoms with E-state index in [1.807, 2.05) is 30.3 Å². The Bertz CT molecular complexity index is 891. The largest absolute Gasteiger partial charge is 0.458 e. The van der Waals surface area contributed by atoms with Crippen LogP contribution in [-0.2, 0) is 4.74 Å². The number of rotatable bonds is 2. The number of oxime groups is 1. The molecule has 1 N–H and O–H groups in total. The third-order valence-electron chi connectivity index (χ3n) is 9.20. The molecule has 6 atom stereocenters. The lowest BCUT2D eigenvalue weighted by atomic mass is 9.48. The van der Waals surface area contributed by atoms with Crippen LogP contribution < -0.4 is 0 Å². The van der Waals surface area contributed by atoms with Gasteiger partial charge >= 0.3 is 5.97 Å². The SMILES string of the molecule is C[C@]12CC[C@H](OC(=O)c3ccccc3)CC1=CC[C@@H]1[C@@H]2CC[C@]2(C)/C(=N/O)CC[C@@H]12. The average molecular weight is 408 g/mol. The molecule has 1 aromatic carbocycles. The van der Waals surface area contributed by atoms with Gasteiger partial charge in [-0.2, -0.15) is 0 Å². The Morgan fingerprint density at radius 2 is 1.80 bits per heavy atom. The van der Waals surface area contributed by atoms with Gasteiger partial charge in [-0.05, 0) is 80.2 Å². The second-order valence-corrected chi connectivity index (χ2v) is 10.4. The highest BCUT2D eigenvalue weighted by molar-refractivity contribution is 5.92. The molecule has 30 heavy (non-hydrogen) atoms. The minimum absolute atomic E-state index is 0.0120. The molecule has 0 amide bonds. The lowest BCUT2D eigenvalue weighted by Gasteiger charge is -2.57. The van der Waals surface area contributed by atoms with E-state index in [-0.39, 0.29) is 22.9 Å². The first kappa shape index (κ1) is 19.8. The van der Waals surface area contributed by atoms with Crippen molar-refractivity contribution in [3.05, 3.63) is 47.5 Å². The second-order valence-electron chi connectivity index (χ2n) is 10.4. The summed E-state index contributed by atoms with van der Waals surface area (Å²) in [6.45, 7) is 4.79. The number of carbonyl (C=O) groups excluding carboxylic acids is 1. The maximum atomic E-state index is 12.5. The highest BCUT2D eigenvalue weighted by atomic mass is 16.5. The Balaban J connectivity index is 1.33. The predicted octanol–water partition coefficient (Wildman–Crippen LogP) is 6.01. The van der Waals surface area contributed by atoms with Gasteiger partial charge in [0, 0.05) is 11.8 Å². The van der Waals surface area contributed by atoms with E-state index in [0.717, 1.165) is 50.7 Å².